The summed E-state index contributed by atoms with van der Waals surface area (Å²) < 4.78 is 1.54. The lowest BCUT2D eigenvalue weighted by Crippen LogP contribution is -2.23. The molecule has 0 aromatic rings. The van der Waals surface area contributed by atoms with Gasteiger partial charge in [-0.15, -0.1) is 0 Å². The molecule has 0 amide bonds. The third-order valence-electron chi connectivity index (χ3n) is 0.224. The van der Waals surface area contributed by atoms with Crippen LogP contribution in [0.4, 0.5) is 0 Å². The highest BCUT2D eigenvalue weighted by molar-refractivity contribution is 14.1. The maximum atomic E-state index is 4.98. The van der Waals surface area contributed by atoms with E-state index >= 15 is 0 Å². The lowest BCUT2D eigenvalue weighted by Gasteiger charge is -1.88. The van der Waals surface area contributed by atoms with Gasteiger partial charge in [-0.25, -0.2) is 0 Å². The Labute approximate surface area is 60.5 Å². The highest BCUT2D eigenvalue weighted by Crippen LogP contribution is 1.66. The molecule has 0 aliphatic heterocycles. The molecule has 0 radical (unpaired) electrons. The van der Waals surface area contributed by atoms with Gasteiger partial charge in [0.15, 0.2) is 5.11 Å². The molecule has 0 spiro atoms. The minimum Gasteiger partial charge on any atom is -0.375 e. The summed E-state index contributed by atoms with van der Waals surface area (Å²) >= 11 is 6.36. The maximum Gasteiger partial charge on any atom is 0.184 e. The van der Waals surface area contributed by atoms with Crippen molar-refractivity contribution in [3.63, 3.8) is 0 Å². The summed E-state index contributed by atoms with van der Waals surface area (Å²) in [6.45, 7) is 0. The zero-order valence-electron chi connectivity index (χ0n) is 3.39. The van der Waals surface area contributed by atoms with Crippen LogP contribution in [0.3, 0.4) is 0 Å². The molecule has 0 rings (SSSR count). The summed E-state index contributed by atoms with van der Waals surface area (Å²) in [5.74, 6) is 0. The van der Waals surface area contributed by atoms with Crippen LogP contribution in [-0.4, -0.2) is 9.33 Å². The van der Waals surface area contributed by atoms with Gasteiger partial charge in [-0.05, 0) is 34.8 Å². The van der Waals surface area contributed by atoms with Gasteiger partial charge in [-0.1, -0.05) is 0 Å². The minimum absolute atomic E-state index is 0.188. The molecule has 3 nitrogen and oxygen atoms in total. The number of hydrogen-bond acceptors (Lipinski definition) is 2. The molecule has 0 aromatic carbocycles. The molecule has 0 unspecified atom stereocenters. The number of hydrazone groups is 1. The van der Waals surface area contributed by atoms with Crippen LogP contribution in [0.5, 0.6) is 0 Å². The molecule has 0 saturated heterocycles. The van der Waals surface area contributed by atoms with Crippen molar-refractivity contribution >= 4 is 44.1 Å². The van der Waals surface area contributed by atoms with Gasteiger partial charge in [0.05, 0.1) is 4.22 Å². The average Bonchev–Trinajstić information content (AvgIpc) is 1.61. The fourth-order valence-electron chi connectivity index (χ4n) is 0.0880. The van der Waals surface area contributed by atoms with Crippen LogP contribution in [0.25, 0.3) is 0 Å². The second-order valence-electron chi connectivity index (χ2n) is 0.703. The van der Waals surface area contributed by atoms with E-state index in [-0.39, 0.29) is 5.11 Å². The predicted octanol–water partition coefficient (Wildman–Crippen LogP) is 0.198. The smallest absolute Gasteiger partial charge is 0.184 e. The number of nitrogens with zero attached hydrogens (tertiary/aromatic N) is 1. The molecule has 40 valence electrons. The van der Waals surface area contributed by atoms with Gasteiger partial charge in [-0.3, -0.25) is 5.43 Å². The zero-order valence-corrected chi connectivity index (χ0v) is 6.36. The highest BCUT2D eigenvalue weighted by Gasteiger charge is 1.73. The predicted molar refractivity (Wildman–Crippen MR) is 42.4 cm³/mol. The van der Waals surface area contributed by atoms with E-state index in [1.165, 1.54) is 4.22 Å². The van der Waals surface area contributed by atoms with Crippen molar-refractivity contribution < 1.29 is 0 Å². The normalized spacial score (nSPS) is 9.29. The van der Waals surface area contributed by atoms with Gasteiger partial charge in [-0.2, -0.15) is 5.10 Å². The standard InChI is InChI=1S/C2H4IN3S/c3-1-5-6-2(4)7/h1H,(H3,4,6,7)/b5-1-. The molecule has 0 fully saturated rings. The molecule has 7 heavy (non-hydrogen) atoms. The van der Waals surface area contributed by atoms with Crippen molar-refractivity contribution in [2.75, 3.05) is 0 Å². The highest BCUT2D eigenvalue weighted by atomic mass is 127. The Morgan fingerprint density at radius 1 is 2.00 bits per heavy atom. The molecule has 3 N–H and O–H groups in total. The van der Waals surface area contributed by atoms with Crippen LogP contribution in [0.15, 0.2) is 5.10 Å². The fraction of sp³-hybridized carbons (Fsp3) is 0. The topological polar surface area (TPSA) is 50.4 Å². The number of rotatable bonds is 1. The first kappa shape index (κ1) is 7.09. The monoisotopic (exact) mass is 229 g/mol. The SMILES string of the molecule is NC(=S)N/N=C\I. The Hall–Kier alpha value is 0.0900. The fourth-order valence-corrected chi connectivity index (χ4v) is 0.280. The Balaban J connectivity index is 3.14. The minimum atomic E-state index is 0.188. The van der Waals surface area contributed by atoms with Crippen LogP contribution in [-0.2, 0) is 0 Å². The molecule has 0 aliphatic rings. The van der Waals surface area contributed by atoms with Crippen molar-refractivity contribution in [3.8, 4) is 0 Å². The van der Waals surface area contributed by atoms with Crippen molar-refractivity contribution in [2.45, 2.75) is 0 Å². The zero-order chi connectivity index (χ0) is 5.70. The quantitative estimate of drug-likeness (QED) is 0.292. The van der Waals surface area contributed by atoms with Gasteiger partial charge in [0.1, 0.15) is 0 Å². The Kier molecular flexibility index (Phi) is 4.31. The van der Waals surface area contributed by atoms with Crippen LogP contribution in [0.1, 0.15) is 0 Å². The lowest BCUT2D eigenvalue weighted by molar-refractivity contribution is 1.05. The first-order valence-electron chi connectivity index (χ1n) is 1.44. The molecule has 5 heteroatoms. The molecular formula is C2H4IN3S. The van der Waals surface area contributed by atoms with E-state index in [2.05, 4.69) is 22.7 Å². The number of nitrogens with one attached hydrogen (secondary N) is 1. The van der Waals surface area contributed by atoms with Gasteiger partial charge < -0.3 is 5.73 Å². The van der Waals surface area contributed by atoms with E-state index in [0.717, 1.165) is 0 Å². The molecule has 0 saturated carbocycles. The average molecular weight is 229 g/mol. The molecule has 0 atom stereocenters. The van der Waals surface area contributed by atoms with Gasteiger partial charge in [0, 0.05) is 0 Å². The van der Waals surface area contributed by atoms with E-state index in [0.29, 0.717) is 0 Å². The summed E-state index contributed by atoms with van der Waals surface area (Å²) in [5.41, 5.74) is 7.35. The van der Waals surface area contributed by atoms with Crippen LogP contribution in [0.2, 0.25) is 0 Å². The second kappa shape index (κ2) is 4.25. The van der Waals surface area contributed by atoms with E-state index < -0.39 is 0 Å². The van der Waals surface area contributed by atoms with Crippen molar-refractivity contribution in [3.05, 3.63) is 0 Å². The van der Waals surface area contributed by atoms with E-state index in [9.17, 15) is 0 Å². The number of halogens is 1. The third kappa shape index (κ3) is 6.09. The first-order chi connectivity index (χ1) is 3.27. The maximum absolute atomic E-state index is 4.98. The van der Waals surface area contributed by atoms with Crippen LogP contribution >= 0.6 is 34.8 Å². The van der Waals surface area contributed by atoms with E-state index in [1.54, 1.807) is 0 Å². The Morgan fingerprint density at radius 3 is 2.71 bits per heavy atom. The Bertz CT molecular complexity index is 90.9. The molecule has 0 bridgehead atoms. The number of thiocarbonyl (C=S) groups is 1. The van der Waals surface area contributed by atoms with Crippen LogP contribution in [0, 0.1) is 0 Å². The van der Waals surface area contributed by atoms with Gasteiger partial charge in [0.2, 0.25) is 0 Å². The second-order valence-corrected chi connectivity index (χ2v) is 1.70. The van der Waals surface area contributed by atoms with Crippen LogP contribution < -0.4 is 11.2 Å². The molecule has 0 aliphatic carbocycles. The molecular weight excluding hydrogens is 225 g/mol. The van der Waals surface area contributed by atoms with Crippen molar-refractivity contribution in [2.24, 2.45) is 10.8 Å². The summed E-state index contributed by atoms with van der Waals surface area (Å²) in [4.78, 5) is 0. The largest absolute Gasteiger partial charge is 0.375 e. The summed E-state index contributed by atoms with van der Waals surface area (Å²) in [6, 6.07) is 0. The molecule has 0 aromatic heterocycles. The number of nitrogens with two attached hydrogens (primary N) is 1. The van der Waals surface area contributed by atoms with Crippen molar-refractivity contribution in [1.82, 2.24) is 5.43 Å². The van der Waals surface area contributed by atoms with Gasteiger partial charge >= 0.3 is 0 Å². The summed E-state index contributed by atoms with van der Waals surface area (Å²) in [6.07, 6.45) is 0. The first-order valence-corrected chi connectivity index (χ1v) is 3.10. The summed E-state index contributed by atoms with van der Waals surface area (Å²) in [7, 11) is 0. The van der Waals surface area contributed by atoms with Gasteiger partial charge in [0.25, 0.3) is 0 Å². The lowest BCUT2D eigenvalue weighted by atomic mass is 11.2. The van der Waals surface area contributed by atoms with E-state index in [4.69, 9.17) is 5.73 Å². The molecule has 0 heterocycles. The number of hydrogen-bond donors (Lipinski definition) is 2. The van der Waals surface area contributed by atoms with Crippen molar-refractivity contribution in [1.29, 1.82) is 0 Å². The summed E-state index contributed by atoms with van der Waals surface area (Å²) in [5, 5.41) is 3.70. The Morgan fingerprint density at radius 2 is 2.57 bits per heavy atom. The van der Waals surface area contributed by atoms with E-state index in [1.807, 2.05) is 22.6 Å². The third-order valence-corrected chi connectivity index (χ3v) is 0.593.